The Kier molecular flexibility index (Phi) is 3.25. The summed E-state index contributed by atoms with van der Waals surface area (Å²) in [6, 6.07) is 3.89. The molecule has 1 atom stereocenters. The molecule has 16 heavy (non-hydrogen) atoms. The van der Waals surface area contributed by atoms with E-state index >= 15 is 0 Å². The number of hydrogen-bond acceptors (Lipinski definition) is 3. The van der Waals surface area contributed by atoms with Crippen LogP contribution in [-0.2, 0) is 4.79 Å². The molecule has 3 nitrogen and oxygen atoms in total. The van der Waals surface area contributed by atoms with Crippen molar-refractivity contribution in [3.8, 4) is 0 Å². The van der Waals surface area contributed by atoms with E-state index in [0.29, 0.717) is 0 Å². The second kappa shape index (κ2) is 4.23. The summed E-state index contributed by atoms with van der Waals surface area (Å²) in [5, 5.41) is 5.90. The van der Waals surface area contributed by atoms with Crippen molar-refractivity contribution in [1.29, 1.82) is 0 Å². The van der Waals surface area contributed by atoms with Crippen molar-refractivity contribution in [3.63, 3.8) is 0 Å². The lowest BCUT2D eigenvalue weighted by Crippen LogP contribution is -2.29. The van der Waals surface area contributed by atoms with E-state index in [-0.39, 0.29) is 9.14 Å². The molecule has 1 N–H and O–H groups in total. The Morgan fingerprint density at radius 3 is 2.88 bits per heavy atom. The molecule has 86 valence electrons. The van der Waals surface area contributed by atoms with E-state index in [0.717, 1.165) is 11.3 Å². The van der Waals surface area contributed by atoms with Crippen molar-refractivity contribution in [2.45, 2.75) is 16.6 Å². The lowest BCUT2D eigenvalue weighted by molar-refractivity contribution is -0.125. The van der Waals surface area contributed by atoms with Crippen molar-refractivity contribution in [1.82, 2.24) is 5.43 Å². The minimum atomic E-state index is -0.417. The fourth-order valence-electron chi connectivity index (χ4n) is 1.29. The number of nitrogens with one attached hydrogen (secondary N) is 1. The predicted octanol–water partition coefficient (Wildman–Crippen LogP) is 3.09. The maximum atomic E-state index is 11.8. The summed E-state index contributed by atoms with van der Waals surface area (Å²) in [5.41, 5.74) is 2.14. The van der Waals surface area contributed by atoms with Crippen molar-refractivity contribution < 1.29 is 4.79 Å². The SMILES string of the molecule is C[C@]1(C(=O)N/N=C\c2cccs2)CC1(Br)Br. The molecule has 0 unspecified atom stereocenters. The van der Waals surface area contributed by atoms with Crippen LogP contribution in [0.15, 0.2) is 22.6 Å². The average Bonchev–Trinajstić information content (AvgIpc) is 2.64. The average molecular weight is 366 g/mol. The van der Waals surface area contributed by atoms with Crippen LogP contribution >= 0.6 is 43.2 Å². The van der Waals surface area contributed by atoms with Crippen molar-refractivity contribution in [2.75, 3.05) is 0 Å². The van der Waals surface area contributed by atoms with Gasteiger partial charge in [-0.2, -0.15) is 5.10 Å². The molecule has 1 saturated carbocycles. The van der Waals surface area contributed by atoms with Gasteiger partial charge in [0.1, 0.15) is 0 Å². The van der Waals surface area contributed by atoms with Gasteiger partial charge in [-0.15, -0.1) is 11.3 Å². The first-order valence-corrected chi connectivity index (χ1v) is 7.17. The molecule has 0 saturated heterocycles. The molecular weight excluding hydrogens is 356 g/mol. The Hall–Kier alpha value is -0.200. The van der Waals surface area contributed by atoms with Crippen molar-refractivity contribution in [2.24, 2.45) is 10.5 Å². The van der Waals surface area contributed by atoms with Gasteiger partial charge in [-0.3, -0.25) is 4.79 Å². The highest BCUT2D eigenvalue weighted by molar-refractivity contribution is 9.25. The largest absolute Gasteiger partial charge is 0.272 e. The summed E-state index contributed by atoms with van der Waals surface area (Å²) in [4.78, 5) is 12.8. The predicted molar refractivity (Wildman–Crippen MR) is 73.4 cm³/mol. The molecular formula is C10H10Br2N2OS. The Morgan fingerprint density at radius 2 is 2.38 bits per heavy atom. The molecule has 1 aliphatic carbocycles. The quantitative estimate of drug-likeness (QED) is 0.499. The van der Waals surface area contributed by atoms with E-state index in [4.69, 9.17) is 0 Å². The minimum absolute atomic E-state index is 0.0749. The Labute approximate surface area is 115 Å². The molecule has 1 aliphatic rings. The smallest absolute Gasteiger partial charge is 0.248 e. The highest BCUT2D eigenvalue weighted by Crippen LogP contribution is 2.66. The van der Waals surface area contributed by atoms with Crippen LogP contribution < -0.4 is 5.43 Å². The number of alkyl halides is 2. The van der Waals surface area contributed by atoms with Gasteiger partial charge >= 0.3 is 0 Å². The van der Waals surface area contributed by atoms with E-state index < -0.39 is 5.41 Å². The summed E-state index contributed by atoms with van der Waals surface area (Å²) < 4.78 is -0.268. The number of carbonyl (C=O) groups is 1. The zero-order valence-corrected chi connectivity index (χ0v) is 12.5. The van der Waals surface area contributed by atoms with Gasteiger partial charge in [0.2, 0.25) is 5.91 Å². The number of halogens is 2. The third-order valence-corrected chi connectivity index (χ3v) is 5.78. The first-order chi connectivity index (χ1) is 7.46. The van der Waals surface area contributed by atoms with Crippen LogP contribution in [0.2, 0.25) is 0 Å². The van der Waals surface area contributed by atoms with Crippen LogP contribution in [0.5, 0.6) is 0 Å². The summed E-state index contributed by atoms with van der Waals surface area (Å²) in [6.07, 6.45) is 2.42. The number of nitrogens with zero attached hydrogens (tertiary/aromatic N) is 1. The summed E-state index contributed by atoms with van der Waals surface area (Å²) in [5.74, 6) is -0.0749. The second-order valence-corrected chi connectivity index (χ2v) is 8.68. The molecule has 6 heteroatoms. The lowest BCUT2D eigenvalue weighted by atomic mass is 10.1. The van der Waals surface area contributed by atoms with Crippen LogP contribution in [0.1, 0.15) is 18.2 Å². The Bertz CT molecular complexity index is 430. The van der Waals surface area contributed by atoms with Gasteiger partial charge in [0.25, 0.3) is 0 Å². The minimum Gasteiger partial charge on any atom is -0.272 e. The van der Waals surface area contributed by atoms with Gasteiger partial charge in [-0.1, -0.05) is 37.9 Å². The van der Waals surface area contributed by atoms with Gasteiger partial charge in [-0.05, 0) is 24.8 Å². The van der Waals surface area contributed by atoms with Gasteiger partial charge in [0, 0.05) is 4.88 Å². The molecule has 1 aromatic heterocycles. The van der Waals surface area contributed by atoms with Gasteiger partial charge < -0.3 is 0 Å². The number of thiophene rings is 1. The summed E-state index contributed by atoms with van der Waals surface area (Å²) in [7, 11) is 0. The first-order valence-electron chi connectivity index (χ1n) is 4.70. The summed E-state index contributed by atoms with van der Waals surface area (Å²) in [6.45, 7) is 1.90. The number of hydrogen-bond donors (Lipinski definition) is 1. The Balaban J connectivity index is 1.90. The van der Waals surface area contributed by atoms with Crippen LogP contribution in [-0.4, -0.2) is 15.4 Å². The normalized spacial score (nSPS) is 26.9. The zero-order chi connectivity index (χ0) is 11.8. The molecule has 0 aliphatic heterocycles. The van der Waals surface area contributed by atoms with E-state index in [1.54, 1.807) is 17.6 Å². The monoisotopic (exact) mass is 364 g/mol. The zero-order valence-electron chi connectivity index (χ0n) is 8.54. The maximum absolute atomic E-state index is 11.8. The van der Waals surface area contributed by atoms with Crippen LogP contribution in [0.3, 0.4) is 0 Å². The molecule has 0 spiro atoms. The van der Waals surface area contributed by atoms with E-state index in [1.165, 1.54) is 0 Å². The highest BCUT2D eigenvalue weighted by atomic mass is 79.9. The highest BCUT2D eigenvalue weighted by Gasteiger charge is 2.66. The molecule has 0 radical (unpaired) electrons. The fraction of sp³-hybridized carbons (Fsp3) is 0.400. The van der Waals surface area contributed by atoms with E-state index in [9.17, 15) is 4.79 Å². The number of hydrazone groups is 1. The topological polar surface area (TPSA) is 41.5 Å². The summed E-state index contributed by atoms with van der Waals surface area (Å²) >= 11 is 8.47. The van der Waals surface area contributed by atoms with Gasteiger partial charge in [0.15, 0.2) is 0 Å². The van der Waals surface area contributed by atoms with E-state index in [1.807, 2.05) is 24.4 Å². The Morgan fingerprint density at radius 1 is 1.69 bits per heavy atom. The number of amides is 1. The van der Waals surface area contributed by atoms with Crippen LogP contribution in [0, 0.1) is 5.41 Å². The third kappa shape index (κ3) is 2.24. The van der Waals surface area contributed by atoms with Gasteiger partial charge in [-0.25, -0.2) is 5.43 Å². The fourth-order valence-corrected chi connectivity index (χ4v) is 3.36. The van der Waals surface area contributed by atoms with Gasteiger partial charge in [0.05, 0.1) is 14.9 Å². The van der Waals surface area contributed by atoms with Crippen LogP contribution in [0.4, 0.5) is 0 Å². The lowest BCUT2D eigenvalue weighted by Gasteiger charge is -2.09. The van der Waals surface area contributed by atoms with Crippen LogP contribution in [0.25, 0.3) is 0 Å². The first kappa shape index (κ1) is 12.3. The van der Waals surface area contributed by atoms with Crippen molar-refractivity contribution >= 4 is 55.3 Å². The second-order valence-electron chi connectivity index (χ2n) is 3.93. The standard InChI is InChI=1S/C10H10Br2N2OS/c1-9(6-10(9,11)12)8(15)14-13-5-7-3-2-4-16-7/h2-5H,6H2,1H3,(H,14,15)/b13-5-/t9-/m1/s1. The number of rotatable bonds is 3. The van der Waals surface area contributed by atoms with E-state index in [2.05, 4.69) is 42.4 Å². The maximum Gasteiger partial charge on any atom is 0.248 e. The molecule has 2 rings (SSSR count). The molecule has 0 bridgehead atoms. The third-order valence-electron chi connectivity index (χ3n) is 2.66. The molecule has 0 aromatic carbocycles. The van der Waals surface area contributed by atoms with Crippen molar-refractivity contribution in [3.05, 3.63) is 22.4 Å². The molecule has 1 aromatic rings. The molecule has 1 amide bonds. The number of carbonyl (C=O) groups excluding carboxylic acids is 1. The molecule has 1 heterocycles. The molecule has 1 fully saturated rings.